The number of rotatable bonds is 2. The Bertz CT molecular complexity index is 490. The SMILES string of the molecule is CC1(C(=O)N2CCOCC2)CCCN(c2ncccn2)C1. The van der Waals surface area contributed by atoms with Gasteiger partial charge in [-0.15, -0.1) is 0 Å². The standard InChI is InChI=1S/C15H22N4O2/c1-15(13(20)18-8-10-21-11-9-18)4-2-7-19(12-15)14-16-5-3-6-17-14/h3,5-6H,2,4,7-12H2,1H3. The summed E-state index contributed by atoms with van der Waals surface area (Å²) >= 11 is 0. The largest absolute Gasteiger partial charge is 0.378 e. The molecule has 2 saturated heterocycles. The van der Waals surface area contributed by atoms with Crippen LogP contribution in [0.1, 0.15) is 19.8 Å². The third-order valence-electron chi connectivity index (χ3n) is 4.35. The minimum Gasteiger partial charge on any atom is -0.378 e. The second-order valence-electron chi connectivity index (χ2n) is 6.04. The van der Waals surface area contributed by atoms with Crippen molar-refractivity contribution in [3.05, 3.63) is 18.5 Å². The number of ether oxygens (including phenoxy) is 1. The van der Waals surface area contributed by atoms with E-state index in [1.807, 2.05) is 11.0 Å². The van der Waals surface area contributed by atoms with Crippen molar-refractivity contribution in [1.82, 2.24) is 14.9 Å². The molecular formula is C15H22N4O2. The van der Waals surface area contributed by atoms with Crippen LogP contribution in [0.3, 0.4) is 0 Å². The number of hydrogen-bond acceptors (Lipinski definition) is 5. The van der Waals surface area contributed by atoms with Crippen molar-refractivity contribution < 1.29 is 9.53 Å². The van der Waals surface area contributed by atoms with Gasteiger partial charge in [0.2, 0.25) is 11.9 Å². The van der Waals surface area contributed by atoms with E-state index in [1.165, 1.54) is 0 Å². The van der Waals surface area contributed by atoms with Crippen molar-refractivity contribution in [3.8, 4) is 0 Å². The van der Waals surface area contributed by atoms with E-state index in [4.69, 9.17) is 4.74 Å². The molecule has 21 heavy (non-hydrogen) atoms. The molecule has 2 fully saturated rings. The lowest BCUT2D eigenvalue weighted by atomic mass is 9.80. The zero-order valence-electron chi connectivity index (χ0n) is 12.5. The van der Waals surface area contributed by atoms with E-state index < -0.39 is 0 Å². The van der Waals surface area contributed by atoms with Crippen molar-refractivity contribution in [3.63, 3.8) is 0 Å². The fourth-order valence-corrected chi connectivity index (χ4v) is 3.19. The van der Waals surface area contributed by atoms with E-state index >= 15 is 0 Å². The van der Waals surface area contributed by atoms with E-state index in [1.54, 1.807) is 12.4 Å². The van der Waals surface area contributed by atoms with Gasteiger partial charge in [0.15, 0.2) is 0 Å². The summed E-state index contributed by atoms with van der Waals surface area (Å²) in [5.74, 6) is 0.963. The maximum atomic E-state index is 12.9. The first-order chi connectivity index (χ1) is 10.2. The van der Waals surface area contributed by atoms with Crippen LogP contribution in [-0.2, 0) is 9.53 Å². The first kappa shape index (κ1) is 14.3. The molecule has 0 bridgehead atoms. The van der Waals surface area contributed by atoms with Crippen molar-refractivity contribution in [2.24, 2.45) is 5.41 Å². The summed E-state index contributed by atoms with van der Waals surface area (Å²) in [5, 5.41) is 0. The molecule has 0 spiro atoms. The van der Waals surface area contributed by atoms with Crippen LogP contribution in [0.5, 0.6) is 0 Å². The molecule has 1 unspecified atom stereocenters. The Morgan fingerprint density at radius 2 is 1.95 bits per heavy atom. The molecule has 0 N–H and O–H groups in total. The molecule has 1 aromatic rings. The van der Waals surface area contributed by atoms with Crippen LogP contribution in [0, 0.1) is 5.41 Å². The average Bonchev–Trinajstić information content (AvgIpc) is 2.56. The Kier molecular flexibility index (Phi) is 4.05. The molecule has 1 amide bonds. The van der Waals surface area contributed by atoms with Gasteiger partial charge in [-0.25, -0.2) is 9.97 Å². The smallest absolute Gasteiger partial charge is 0.230 e. The molecule has 0 radical (unpaired) electrons. The normalized spacial score (nSPS) is 26.7. The molecule has 2 aliphatic heterocycles. The molecular weight excluding hydrogens is 268 g/mol. The first-order valence-electron chi connectivity index (χ1n) is 7.58. The summed E-state index contributed by atoms with van der Waals surface area (Å²) in [4.78, 5) is 25.5. The molecule has 1 atom stereocenters. The number of anilines is 1. The van der Waals surface area contributed by atoms with E-state index in [9.17, 15) is 4.79 Å². The van der Waals surface area contributed by atoms with Gasteiger partial charge in [-0.2, -0.15) is 0 Å². The van der Waals surface area contributed by atoms with Crippen LogP contribution in [0.2, 0.25) is 0 Å². The third kappa shape index (κ3) is 3.00. The molecule has 6 heteroatoms. The monoisotopic (exact) mass is 290 g/mol. The number of piperidine rings is 1. The zero-order valence-corrected chi connectivity index (χ0v) is 12.5. The minimum atomic E-state index is -0.352. The van der Waals surface area contributed by atoms with Gasteiger partial charge in [0.05, 0.1) is 18.6 Å². The van der Waals surface area contributed by atoms with Crippen molar-refractivity contribution >= 4 is 11.9 Å². The molecule has 2 aliphatic rings. The predicted octanol–water partition coefficient (Wildman–Crippen LogP) is 0.942. The van der Waals surface area contributed by atoms with Gasteiger partial charge in [-0.1, -0.05) is 0 Å². The molecule has 6 nitrogen and oxygen atoms in total. The Morgan fingerprint density at radius 3 is 2.67 bits per heavy atom. The average molecular weight is 290 g/mol. The molecule has 0 saturated carbocycles. The first-order valence-corrected chi connectivity index (χ1v) is 7.58. The lowest BCUT2D eigenvalue weighted by Crippen LogP contribution is -2.54. The lowest BCUT2D eigenvalue weighted by Gasteiger charge is -2.42. The van der Waals surface area contributed by atoms with Gasteiger partial charge in [-0.05, 0) is 25.8 Å². The maximum Gasteiger partial charge on any atom is 0.230 e. The third-order valence-corrected chi connectivity index (χ3v) is 4.35. The second-order valence-corrected chi connectivity index (χ2v) is 6.04. The highest BCUT2D eigenvalue weighted by Gasteiger charge is 2.41. The number of carbonyl (C=O) groups is 1. The van der Waals surface area contributed by atoms with Crippen molar-refractivity contribution in [2.75, 3.05) is 44.3 Å². The van der Waals surface area contributed by atoms with Crippen LogP contribution in [0.4, 0.5) is 5.95 Å². The van der Waals surface area contributed by atoms with Crippen LogP contribution >= 0.6 is 0 Å². The van der Waals surface area contributed by atoms with Crippen LogP contribution < -0.4 is 4.90 Å². The fourth-order valence-electron chi connectivity index (χ4n) is 3.19. The molecule has 1 aromatic heterocycles. The minimum absolute atomic E-state index is 0.242. The highest BCUT2D eigenvalue weighted by atomic mass is 16.5. The summed E-state index contributed by atoms with van der Waals surface area (Å²) in [6.07, 6.45) is 5.41. The number of amides is 1. The number of aromatic nitrogens is 2. The molecule has 114 valence electrons. The van der Waals surface area contributed by atoms with Crippen molar-refractivity contribution in [2.45, 2.75) is 19.8 Å². The Balaban J connectivity index is 1.73. The highest BCUT2D eigenvalue weighted by Crippen LogP contribution is 2.33. The van der Waals surface area contributed by atoms with Gasteiger partial charge < -0.3 is 14.5 Å². The van der Waals surface area contributed by atoms with Gasteiger partial charge in [0.25, 0.3) is 0 Å². The molecule has 0 aliphatic carbocycles. The van der Waals surface area contributed by atoms with Gasteiger partial charge in [0.1, 0.15) is 0 Å². The number of morpholine rings is 1. The van der Waals surface area contributed by atoms with E-state index in [-0.39, 0.29) is 11.3 Å². The Labute approximate surface area is 125 Å². The summed E-state index contributed by atoms with van der Waals surface area (Å²) in [5.41, 5.74) is -0.352. The zero-order chi connectivity index (χ0) is 14.7. The fraction of sp³-hybridized carbons (Fsp3) is 0.667. The summed E-state index contributed by atoms with van der Waals surface area (Å²) in [6, 6.07) is 1.81. The molecule has 3 rings (SSSR count). The Hall–Kier alpha value is -1.69. The predicted molar refractivity (Wildman–Crippen MR) is 79.0 cm³/mol. The van der Waals surface area contributed by atoms with Crippen LogP contribution in [-0.4, -0.2) is 60.2 Å². The second kappa shape index (κ2) is 5.97. The van der Waals surface area contributed by atoms with Gasteiger partial charge >= 0.3 is 0 Å². The van der Waals surface area contributed by atoms with E-state index in [2.05, 4.69) is 21.8 Å². The van der Waals surface area contributed by atoms with E-state index in [0.29, 0.717) is 32.8 Å². The topological polar surface area (TPSA) is 58.6 Å². The summed E-state index contributed by atoms with van der Waals surface area (Å²) < 4.78 is 5.34. The van der Waals surface area contributed by atoms with Gasteiger partial charge in [-0.3, -0.25) is 4.79 Å². The maximum absolute atomic E-state index is 12.9. The van der Waals surface area contributed by atoms with Crippen LogP contribution in [0.25, 0.3) is 0 Å². The molecule has 0 aromatic carbocycles. The van der Waals surface area contributed by atoms with Crippen molar-refractivity contribution in [1.29, 1.82) is 0 Å². The van der Waals surface area contributed by atoms with E-state index in [0.717, 1.165) is 25.3 Å². The number of hydrogen-bond donors (Lipinski definition) is 0. The van der Waals surface area contributed by atoms with Gasteiger partial charge in [0, 0.05) is 38.6 Å². The highest BCUT2D eigenvalue weighted by molar-refractivity contribution is 5.83. The molecule has 3 heterocycles. The number of nitrogens with zero attached hydrogens (tertiary/aromatic N) is 4. The van der Waals surface area contributed by atoms with Crippen LogP contribution in [0.15, 0.2) is 18.5 Å². The quantitative estimate of drug-likeness (QED) is 0.811. The Morgan fingerprint density at radius 1 is 1.24 bits per heavy atom. The number of carbonyl (C=O) groups excluding carboxylic acids is 1. The summed E-state index contributed by atoms with van der Waals surface area (Å²) in [7, 11) is 0. The lowest BCUT2D eigenvalue weighted by molar-refractivity contribution is -0.146. The summed E-state index contributed by atoms with van der Waals surface area (Å²) in [6.45, 7) is 6.37.